The Hall–Kier alpha value is -1.43. The first-order valence-corrected chi connectivity index (χ1v) is 7.26. The Balaban J connectivity index is 0.00000264. The lowest BCUT2D eigenvalue weighted by molar-refractivity contribution is 0.0739. The van der Waals surface area contributed by atoms with Crippen LogP contribution in [0.1, 0.15) is 29.9 Å². The predicted octanol–water partition coefficient (Wildman–Crippen LogP) is 3.58. The summed E-state index contributed by atoms with van der Waals surface area (Å²) >= 11 is 0. The maximum absolute atomic E-state index is 13.3. The van der Waals surface area contributed by atoms with Gasteiger partial charge >= 0.3 is 0 Å². The zero-order chi connectivity index (χ0) is 16.5. The number of rotatable bonds is 4. The summed E-state index contributed by atoms with van der Waals surface area (Å²) in [6.07, 6.45) is 0. The number of aromatic nitrogens is 1. The Bertz CT molecular complexity index is 722. The summed E-state index contributed by atoms with van der Waals surface area (Å²) in [4.78, 5) is 18.6. The largest absolute Gasteiger partial charge is 0.341 e. The maximum Gasteiger partial charge on any atom is 0.255 e. The van der Waals surface area contributed by atoms with E-state index < -0.39 is 0 Å². The highest BCUT2D eigenvalue weighted by Gasteiger charge is 2.23. The third-order valence-electron chi connectivity index (χ3n) is 3.77. The number of hydrogen-bond acceptors (Lipinski definition) is 3. The highest BCUT2D eigenvalue weighted by molar-refractivity contribution is 5.98. The molecular formula is C17H24Cl2FN3O. The molecule has 24 heavy (non-hydrogen) atoms. The predicted molar refractivity (Wildman–Crippen MR) is 101 cm³/mol. The van der Waals surface area contributed by atoms with Crippen LogP contribution in [-0.2, 0) is 0 Å². The van der Waals surface area contributed by atoms with Gasteiger partial charge in [0.15, 0.2) is 0 Å². The van der Waals surface area contributed by atoms with Crippen LogP contribution in [0.25, 0.3) is 10.9 Å². The number of nitrogens with zero attached hydrogens (tertiary/aromatic N) is 2. The summed E-state index contributed by atoms with van der Waals surface area (Å²) in [5, 5.41) is 0.752. The second kappa shape index (κ2) is 8.60. The fourth-order valence-corrected chi connectivity index (χ4v) is 2.44. The summed E-state index contributed by atoms with van der Waals surface area (Å²) in [5.74, 6) is -0.432. The van der Waals surface area contributed by atoms with E-state index in [1.807, 2.05) is 13.8 Å². The van der Waals surface area contributed by atoms with Crippen LogP contribution in [0.5, 0.6) is 0 Å². The molecule has 2 N–H and O–H groups in total. The van der Waals surface area contributed by atoms with Gasteiger partial charge in [0.05, 0.1) is 16.8 Å². The van der Waals surface area contributed by atoms with Crippen molar-refractivity contribution in [3.63, 3.8) is 0 Å². The van der Waals surface area contributed by atoms with Crippen molar-refractivity contribution in [2.45, 2.75) is 20.8 Å². The third-order valence-corrected chi connectivity index (χ3v) is 3.77. The molecule has 1 heterocycles. The molecule has 0 bridgehead atoms. The molecule has 0 spiro atoms. The summed E-state index contributed by atoms with van der Waals surface area (Å²) in [6, 6.07) is 6.15. The average Bonchev–Trinajstić information content (AvgIpc) is 2.45. The molecule has 4 nitrogen and oxygen atoms in total. The highest BCUT2D eigenvalue weighted by atomic mass is 35.5. The van der Waals surface area contributed by atoms with Crippen molar-refractivity contribution in [2.75, 3.05) is 20.1 Å². The molecule has 0 unspecified atom stereocenters. The molecule has 0 radical (unpaired) electrons. The molecular weight excluding hydrogens is 352 g/mol. The summed E-state index contributed by atoms with van der Waals surface area (Å²) in [7, 11) is 1.76. The van der Waals surface area contributed by atoms with Gasteiger partial charge in [0.25, 0.3) is 5.91 Å². The van der Waals surface area contributed by atoms with Crippen LogP contribution in [0.4, 0.5) is 4.39 Å². The minimum absolute atomic E-state index is 0. The van der Waals surface area contributed by atoms with E-state index >= 15 is 0 Å². The van der Waals surface area contributed by atoms with Crippen molar-refractivity contribution in [3.05, 3.63) is 41.3 Å². The average molecular weight is 376 g/mol. The van der Waals surface area contributed by atoms with Crippen LogP contribution in [-0.4, -0.2) is 35.9 Å². The first kappa shape index (κ1) is 22.6. The number of halogens is 3. The van der Waals surface area contributed by atoms with E-state index in [1.54, 1.807) is 31.0 Å². The summed E-state index contributed by atoms with van der Waals surface area (Å²) < 4.78 is 13.3. The van der Waals surface area contributed by atoms with Gasteiger partial charge in [-0.3, -0.25) is 9.78 Å². The van der Waals surface area contributed by atoms with E-state index in [4.69, 9.17) is 5.73 Å². The maximum atomic E-state index is 13.3. The molecule has 1 amide bonds. The first-order valence-electron chi connectivity index (χ1n) is 7.26. The van der Waals surface area contributed by atoms with Crippen molar-refractivity contribution in [3.8, 4) is 0 Å². The molecule has 2 aromatic rings. The van der Waals surface area contributed by atoms with Gasteiger partial charge < -0.3 is 10.6 Å². The van der Waals surface area contributed by atoms with E-state index in [1.165, 1.54) is 12.1 Å². The minimum Gasteiger partial charge on any atom is -0.341 e. The molecule has 134 valence electrons. The van der Waals surface area contributed by atoms with Crippen molar-refractivity contribution < 1.29 is 9.18 Å². The van der Waals surface area contributed by atoms with Gasteiger partial charge in [-0.15, -0.1) is 24.8 Å². The quantitative estimate of drug-likeness (QED) is 0.887. The number of nitrogens with two attached hydrogens (primary N) is 1. The fraction of sp³-hybridized carbons (Fsp3) is 0.412. The number of hydrogen-bond donors (Lipinski definition) is 1. The number of carbonyl (C=O) groups excluding carboxylic acids is 1. The van der Waals surface area contributed by atoms with Crippen LogP contribution >= 0.6 is 24.8 Å². The fourth-order valence-electron chi connectivity index (χ4n) is 2.44. The van der Waals surface area contributed by atoms with E-state index in [2.05, 4.69) is 4.98 Å². The molecule has 7 heteroatoms. The lowest BCUT2D eigenvalue weighted by atomic mass is 9.93. The van der Waals surface area contributed by atoms with Gasteiger partial charge in [0.2, 0.25) is 0 Å². The number of carbonyl (C=O) groups is 1. The third kappa shape index (κ3) is 5.03. The van der Waals surface area contributed by atoms with Crippen molar-refractivity contribution in [1.82, 2.24) is 9.88 Å². The number of benzene rings is 1. The van der Waals surface area contributed by atoms with Gasteiger partial charge in [-0.25, -0.2) is 4.39 Å². The Morgan fingerprint density at radius 2 is 1.92 bits per heavy atom. The van der Waals surface area contributed by atoms with Crippen molar-refractivity contribution in [2.24, 2.45) is 11.1 Å². The molecule has 0 aliphatic carbocycles. The van der Waals surface area contributed by atoms with Crippen molar-refractivity contribution in [1.29, 1.82) is 0 Å². The second-order valence-corrected chi connectivity index (χ2v) is 6.49. The highest BCUT2D eigenvalue weighted by Crippen LogP contribution is 2.20. The molecule has 0 aliphatic rings. The molecule has 1 aromatic heterocycles. The molecule has 0 fully saturated rings. The molecule has 0 saturated carbocycles. The van der Waals surface area contributed by atoms with Crippen LogP contribution in [0.3, 0.4) is 0 Å². The monoisotopic (exact) mass is 375 g/mol. The zero-order valence-corrected chi connectivity index (χ0v) is 15.9. The van der Waals surface area contributed by atoms with E-state index in [9.17, 15) is 9.18 Å². The Labute approximate surface area is 154 Å². The van der Waals surface area contributed by atoms with Crippen LogP contribution in [0, 0.1) is 18.2 Å². The molecule has 0 aliphatic heterocycles. The number of pyridine rings is 1. The summed E-state index contributed by atoms with van der Waals surface area (Å²) in [5.41, 5.74) is 7.27. The second-order valence-electron chi connectivity index (χ2n) is 6.49. The van der Waals surface area contributed by atoms with E-state index in [-0.39, 0.29) is 42.0 Å². The standard InChI is InChI=1S/C17H22FN3O.2ClH/c1-11-14(16(22)21(4)10-17(2,3)9-19)7-12-5-6-13(18)8-15(12)20-11;;/h5-8H,9-10,19H2,1-4H3;2*1H. The van der Waals surface area contributed by atoms with Gasteiger partial charge in [-0.2, -0.15) is 0 Å². The number of aryl methyl sites for hydroxylation is 1. The Kier molecular flexibility index (Phi) is 8.09. The van der Waals surface area contributed by atoms with E-state index in [0.29, 0.717) is 29.9 Å². The Morgan fingerprint density at radius 1 is 1.29 bits per heavy atom. The normalized spacial score (nSPS) is 10.8. The van der Waals surface area contributed by atoms with E-state index in [0.717, 1.165) is 5.39 Å². The lowest BCUT2D eigenvalue weighted by Crippen LogP contribution is -2.40. The van der Waals surface area contributed by atoms with Gasteiger partial charge in [-0.05, 0) is 37.1 Å². The van der Waals surface area contributed by atoms with Gasteiger partial charge in [0.1, 0.15) is 5.82 Å². The van der Waals surface area contributed by atoms with Crippen LogP contribution in [0.2, 0.25) is 0 Å². The molecule has 2 rings (SSSR count). The van der Waals surface area contributed by atoms with Gasteiger partial charge in [0, 0.05) is 25.0 Å². The lowest BCUT2D eigenvalue weighted by Gasteiger charge is -2.29. The van der Waals surface area contributed by atoms with Gasteiger partial charge in [-0.1, -0.05) is 13.8 Å². The smallest absolute Gasteiger partial charge is 0.255 e. The molecule has 0 saturated heterocycles. The molecule has 0 atom stereocenters. The Morgan fingerprint density at radius 3 is 2.50 bits per heavy atom. The van der Waals surface area contributed by atoms with Crippen molar-refractivity contribution >= 4 is 41.6 Å². The minimum atomic E-state index is -0.333. The summed E-state index contributed by atoms with van der Waals surface area (Å²) in [6.45, 7) is 6.86. The SMILES string of the molecule is Cc1nc2cc(F)ccc2cc1C(=O)N(C)CC(C)(C)CN.Cl.Cl. The topological polar surface area (TPSA) is 59.2 Å². The number of amides is 1. The number of fused-ring (bicyclic) bond motifs is 1. The van der Waals surface area contributed by atoms with Crippen LogP contribution < -0.4 is 5.73 Å². The first-order chi connectivity index (χ1) is 10.2. The molecule has 1 aromatic carbocycles. The zero-order valence-electron chi connectivity index (χ0n) is 14.3. The van der Waals surface area contributed by atoms with Crippen LogP contribution in [0.15, 0.2) is 24.3 Å².